The van der Waals surface area contributed by atoms with Crippen molar-refractivity contribution in [3.63, 3.8) is 0 Å². The molecule has 0 heterocycles. The van der Waals surface area contributed by atoms with E-state index >= 15 is 0 Å². The minimum Gasteiger partial charge on any atom is -0.493 e. The molecule has 26 heavy (non-hydrogen) atoms. The first-order valence-electron chi connectivity index (χ1n) is 8.88. The normalized spacial score (nSPS) is 10.3. The predicted molar refractivity (Wildman–Crippen MR) is 100 cm³/mol. The predicted octanol–water partition coefficient (Wildman–Crippen LogP) is 3.22. The number of carboxylic acid groups (broad SMARTS) is 1. The quantitative estimate of drug-likeness (QED) is 0.607. The highest BCUT2D eigenvalue weighted by Crippen LogP contribution is 2.18. The van der Waals surface area contributed by atoms with E-state index in [0.717, 1.165) is 24.2 Å². The van der Waals surface area contributed by atoms with E-state index in [1.165, 1.54) is 5.56 Å². The molecule has 0 unspecified atom stereocenters. The van der Waals surface area contributed by atoms with E-state index in [-0.39, 0.29) is 18.7 Å². The fraction of sp³-hybridized carbons (Fsp3) is 0.333. The number of carboxylic acids is 1. The topological polar surface area (TPSA) is 75.6 Å². The summed E-state index contributed by atoms with van der Waals surface area (Å²) in [6, 6.07) is 18.1. The van der Waals surface area contributed by atoms with Crippen LogP contribution in [0.4, 0.5) is 0 Å². The SMILES string of the molecule is O=C(O)CCC(=O)NCCc1ccccc1OCCCc1ccccc1. The molecule has 0 fully saturated rings. The molecule has 0 saturated heterocycles. The zero-order valence-corrected chi connectivity index (χ0v) is 14.8. The second kappa shape index (κ2) is 10.9. The van der Waals surface area contributed by atoms with E-state index in [0.29, 0.717) is 19.6 Å². The van der Waals surface area contributed by atoms with Crippen LogP contribution in [0.3, 0.4) is 0 Å². The van der Waals surface area contributed by atoms with E-state index in [9.17, 15) is 9.59 Å². The second-order valence-electron chi connectivity index (χ2n) is 6.04. The number of aliphatic carboxylic acids is 1. The molecule has 0 aliphatic carbocycles. The maximum absolute atomic E-state index is 11.6. The fourth-order valence-electron chi connectivity index (χ4n) is 2.60. The van der Waals surface area contributed by atoms with Crippen molar-refractivity contribution in [2.24, 2.45) is 0 Å². The van der Waals surface area contributed by atoms with Gasteiger partial charge >= 0.3 is 5.97 Å². The van der Waals surface area contributed by atoms with Gasteiger partial charge in [0.25, 0.3) is 0 Å². The average Bonchev–Trinajstić information content (AvgIpc) is 2.65. The van der Waals surface area contributed by atoms with Gasteiger partial charge < -0.3 is 15.2 Å². The minimum atomic E-state index is -0.964. The standard InChI is InChI=1S/C21H25NO4/c23-20(12-13-21(24)25)22-15-14-18-10-4-5-11-19(18)26-16-6-9-17-7-2-1-3-8-17/h1-5,7-8,10-11H,6,9,12-16H2,(H,22,23)(H,24,25). The van der Waals surface area contributed by atoms with Crippen molar-refractivity contribution in [3.8, 4) is 5.75 Å². The first-order chi connectivity index (χ1) is 12.6. The monoisotopic (exact) mass is 355 g/mol. The van der Waals surface area contributed by atoms with Gasteiger partial charge in [0.2, 0.25) is 5.91 Å². The highest BCUT2D eigenvalue weighted by atomic mass is 16.5. The Morgan fingerprint density at radius 3 is 2.42 bits per heavy atom. The number of amides is 1. The number of rotatable bonds is 11. The zero-order valence-electron chi connectivity index (χ0n) is 14.8. The summed E-state index contributed by atoms with van der Waals surface area (Å²) in [7, 11) is 0. The maximum Gasteiger partial charge on any atom is 0.303 e. The van der Waals surface area contributed by atoms with Crippen molar-refractivity contribution in [2.45, 2.75) is 32.1 Å². The third-order valence-electron chi connectivity index (χ3n) is 3.97. The minimum absolute atomic E-state index is 0.00691. The summed E-state index contributed by atoms with van der Waals surface area (Å²) in [5, 5.41) is 11.3. The molecule has 0 saturated carbocycles. The number of aryl methyl sites for hydroxylation is 1. The summed E-state index contributed by atoms with van der Waals surface area (Å²) in [5.41, 5.74) is 2.33. The van der Waals surface area contributed by atoms with E-state index in [2.05, 4.69) is 17.4 Å². The van der Waals surface area contributed by atoms with E-state index in [1.807, 2.05) is 42.5 Å². The molecule has 2 aromatic rings. The summed E-state index contributed by atoms with van der Waals surface area (Å²) < 4.78 is 5.90. The second-order valence-corrected chi connectivity index (χ2v) is 6.04. The van der Waals surface area contributed by atoms with Crippen molar-refractivity contribution in [1.29, 1.82) is 0 Å². The molecule has 0 aromatic heterocycles. The molecule has 138 valence electrons. The van der Waals surface area contributed by atoms with E-state index in [1.54, 1.807) is 0 Å². The molecule has 0 aliphatic rings. The lowest BCUT2D eigenvalue weighted by atomic mass is 10.1. The maximum atomic E-state index is 11.6. The number of carbonyl (C=O) groups is 2. The lowest BCUT2D eigenvalue weighted by molar-refractivity contribution is -0.138. The van der Waals surface area contributed by atoms with Gasteiger partial charge in [0.1, 0.15) is 5.75 Å². The van der Waals surface area contributed by atoms with Gasteiger partial charge in [0.15, 0.2) is 0 Å². The van der Waals surface area contributed by atoms with Gasteiger partial charge in [-0.15, -0.1) is 0 Å². The van der Waals surface area contributed by atoms with Gasteiger partial charge in [-0.3, -0.25) is 9.59 Å². The first kappa shape index (κ1) is 19.5. The lowest BCUT2D eigenvalue weighted by Crippen LogP contribution is -2.26. The van der Waals surface area contributed by atoms with Crippen LogP contribution >= 0.6 is 0 Å². The Labute approximate surface area is 154 Å². The van der Waals surface area contributed by atoms with E-state index in [4.69, 9.17) is 9.84 Å². The molecule has 2 aromatic carbocycles. The van der Waals surface area contributed by atoms with Crippen LogP contribution in [0.15, 0.2) is 54.6 Å². The Bertz CT molecular complexity index is 700. The number of carbonyl (C=O) groups excluding carboxylic acids is 1. The molecule has 0 radical (unpaired) electrons. The molecule has 2 N–H and O–H groups in total. The van der Waals surface area contributed by atoms with Gasteiger partial charge in [0.05, 0.1) is 13.0 Å². The van der Waals surface area contributed by atoms with Crippen molar-refractivity contribution >= 4 is 11.9 Å². The Morgan fingerprint density at radius 2 is 1.65 bits per heavy atom. The molecule has 5 heteroatoms. The van der Waals surface area contributed by atoms with Crippen LogP contribution in [0, 0.1) is 0 Å². The molecule has 2 rings (SSSR count). The van der Waals surface area contributed by atoms with Crippen LogP contribution in [0.25, 0.3) is 0 Å². The Morgan fingerprint density at radius 1 is 0.923 bits per heavy atom. The number of nitrogens with one attached hydrogen (secondary N) is 1. The Balaban J connectivity index is 1.72. The van der Waals surface area contributed by atoms with Crippen molar-refractivity contribution in [1.82, 2.24) is 5.32 Å². The van der Waals surface area contributed by atoms with Crippen LogP contribution in [0.5, 0.6) is 5.75 Å². The largest absolute Gasteiger partial charge is 0.493 e. The molecule has 0 spiro atoms. The van der Waals surface area contributed by atoms with Crippen LogP contribution in [0.1, 0.15) is 30.4 Å². The highest BCUT2D eigenvalue weighted by Gasteiger charge is 2.07. The van der Waals surface area contributed by atoms with Crippen LogP contribution in [-0.2, 0) is 22.4 Å². The molecular weight excluding hydrogens is 330 g/mol. The van der Waals surface area contributed by atoms with Crippen LogP contribution < -0.4 is 10.1 Å². The van der Waals surface area contributed by atoms with Gasteiger partial charge in [-0.25, -0.2) is 0 Å². The lowest BCUT2D eigenvalue weighted by Gasteiger charge is -2.12. The van der Waals surface area contributed by atoms with Gasteiger partial charge in [-0.05, 0) is 36.5 Å². The number of benzene rings is 2. The molecule has 1 amide bonds. The molecule has 0 bridgehead atoms. The van der Waals surface area contributed by atoms with Crippen molar-refractivity contribution in [2.75, 3.05) is 13.2 Å². The number of ether oxygens (including phenoxy) is 1. The number of hydrogen-bond acceptors (Lipinski definition) is 3. The average molecular weight is 355 g/mol. The Kier molecular flexibility index (Phi) is 8.19. The molecule has 0 atom stereocenters. The summed E-state index contributed by atoms with van der Waals surface area (Å²) in [6.07, 6.45) is 2.42. The summed E-state index contributed by atoms with van der Waals surface area (Å²) in [5.74, 6) is -0.372. The third kappa shape index (κ3) is 7.38. The molecule has 5 nitrogen and oxygen atoms in total. The smallest absolute Gasteiger partial charge is 0.303 e. The number of hydrogen-bond donors (Lipinski definition) is 2. The highest BCUT2D eigenvalue weighted by molar-refractivity contribution is 5.80. The molecule has 0 aliphatic heterocycles. The van der Waals surface area contributed by atoms with Crippen LogP contribution in [-0.4, -0.2) is 30.1 Å². The van der Waals surface area contributed by atoms with Crippen molar-refractivity contribution < 1.29 is 19.4 Å². The molecular formula is C21H25NO4. The van der Waals surface area contributed by atoms with Gasteiger partial charge in [-0.2, -0.15) is 0 Å². The van der Waals surface area contributed by atoms with Gasteiger partial charge in [-0.1, -0.05) is 48.5 Å². The van der Waals surface area contributed by atoms with Crippen LogP contribution in [0.2, 0.25) is 0 Å². The summed E-state index contributed by atoms with van der Waals surface area (Å²) >= 11 is 0. The number of para-hydroxylation sites is 1. The first-order valence-corrected chi connectivity index (χ1v) is 8.88. The van der Waals surface area contributed by atoms with Gasteiger partial charge in [0, 0.05) is 13.0 Å². The summed E-state index contributed by atoms with van der Waals surface area (Å²) in [4.78, 5) is 22.0. The summed E-state index contributed by atoms with van der Waals surface area (Å²) in [6.45, 7) is 1.10. The zero-order chi connectivity index (χ0) is 18.6. The third-order valence-corrected chi connectivity index (χ3v) is 3.97. The fourth-order valence-corrected chi connectivity index (χ4v) is 2.60. The van der Waals surface area contributed by atoms with E-state index < -0.39 is 5.97 Å². The Hall–Kier alpha value is -2.82. The van der Waals surface area contributed by atoms with Crippen molar-refractivity contribution in [3.05, 3.63) is 65.7 Å².